The molecule has 2 heterocycles. The summed E-state index contributed by atoms with van der Waals surface area (Å²) in [5.41, 5.74) is 3.00. The van der Waals surface area contributed by atoms with E-state index >= 15 is 0 Å². The number of ether oxygens (including phenoxy) is 2. The molecule has 9 heteroatoms. The Kier molecular flexibility index (Phi) is 9.08. The Balaban J connectivity index is 1.37. The number of pyridine rings is 1. The van der Waals surface area contributed by atoms with Gasteiger partial charge >= 0.3 is 12.0 Å². The lowest BCUT2D eigenvalue weighted by Crippen LogP contribution is -2.44. The molecule has 0 fully saturated rings. The predicted octanol–water partition coefficient (Wildman–Crippen LogP) is 7.90. The molecule has 0 saturated carbocycles. The number of anilines is 1. The molecule has 5 aromatic rings. The van der Waals surface area contributed by atoms with Crippen molar-refractivity contribution in [3.8, 4) is 28.8 Å². The number of hydrogen-bond acceptors (Lipinski definition) is 7. The molecule has 0 bridgehead atoms. The summed E-state index contributed by atoms with van der Waals surface area (Å²) in [4.78, 5) is 25.9. The van der Waals surface area contributed by atoms with Crippen molar-refractivity contribution < 1.29 is 23.8 Å². The highest BCUT2D eigenvalue weighted by Gasteiger charge is 2.48. The van der Waals surface area contributed by atoms with E-state index in [1.807, 2.05) is 75.4 Å². The van der Waals surface area contributed by atoms with Gasteiger partial charge in [-0.05, 0) is 71.1 Å². The van der Waals surface area contributed by atoms with E-state index in [2.05, 4.69) is 15.3 Å². The largest absolute Gasteiger partial charge is 0.497 e. The number of rotatable bonds is 11. The van der Waals surface area contributed by atoms with Crippen LogP contribution in [-0.2, 0) is 16.8 Å². The van der Waals surface area contributed by atoms with Gasteiger partial charge in [0.05, 0.1) is 42.2 Å². The first-order valence-electron chi connectivity index (χ1n) is 14.5. The molecule has 0 aliphatic heterocycles. The minimum absolute atomic E-state index is 0.0665. The topological polar surface area (TPSA) is 106 Å². The Hall–Kier alpha value is -5.31. The standard InChI is InChI=1S/C36H35FN4O4/c1-35(2,3)36(21-33(42)43,26-10-12-27(37)13-11-26)32-18-19-38-34(41-32)45-30-7-5-6-25(20-30)31-17-14-28(23-40-31)39-22-24-8-15-29(44-4)16-9-24/h5-20,23,39H,21-22H2,1-4H3,(H,42,43). The van der Waals surface area contributed by atoms with Crippen LogP contribution < -0.4 is 14.8 Å². The maximum atomic E-state index is 13.9. The molecule has 2 aromatic heterocycles. The molecule has 3 aromatic carbocycles. The van der Waals surface area contributed by atoms with Gasteiger partial charge in [-0.1, -0.05) is 57.2 Å². The fourth-order valence-electron chi connectivity index (χ4n) is 5.45. The Labute approximate surface area is 262 Å². The zero-order valence-electron chi connectivity index (χ0n) is 25.6. The number of aliphatic carboxylic acids is 1. The van der Waals surface area contributed by atoms with Crippen LogP contribution in [0.1, 0.15) is 44.0 Å². The van der Waals surface area contributed by atoms with E-state index in [0.717, 1.165) is 28.3 Å². The molecule has 1 unspecified atom stereocenters. The molecule has 0 aliphatic carbocycles. The van der Waals surface area contributed by atoms with Crippen molar-refractivity contribution in [2.75, 3.05) is 12.4 Å². The van der Waals surface area contributed by atoms with Gasteiger partial charge in [-0.15, -0.1) is 0 Å². The minimum Gasteiger partial charge on any atom is -0.497 e. The van der Waals surface area contributed by atoms with E-state index in [1.165, 1.54) is 12.1 Å². The summed E-state index contributed by atoms with van der Waals surface area (Å²) in [5, 5.41) is 13.4. The van der Waals surface area contributed by atoms with Crippen molar-refractivity contribution in [2.45, 2.75) is 39.2 Å². The van der Waals surface area contributed by atoms with Crippen LogP contribution in [0.15, 0.2) is 103 Å². The summed E-state index contributed by atoms with van der Waals surface area (Å²) in [7, 11) is 1.65. The maximum absolute atomic E-state index is 13.9. The monoisotopic (exact) mass is 606 g/mol. The minimum atomic E-state index is -1.09. The highest BCUT2D eigenvalue weighted by Crippen LogP contribution is 2.49. The molecule has 0 saturated heterocycles. The third-order valence-corrected chi connectivity index (χ3v) is 7.86. The number of nitrogens with one attached hydrogen (secondary N) is 1. The highest BCUT2D eigenvalue weighted by molar-refractivity contribution is 5.71. The molecule has 2 N–H and O–H groups in total. The second-order valence-corrected chi connectivity index (χ2v) is 11.7. The van der Waals surface area contributed by atoms with Crippen molar-refractivity contribution in [1.29, 1.82) is 0 Å². The Morgan fingerprint density at radius 1 is 0.911 bits per heavy atom. The first kappa shape index (κ1) is 31.1. The average Bonchev–Trinajstić information content (AvgIpc) is 3.03. The second-order valence-electron chi connectivity index (χ2n) is 11.7. The number of nitrogens with zero attached hydrogens (tertiary/aromatic N) is 3. The number of carbonyl (C=O) groups is 1. The SMILES string of the molecule is COc1ccc(CNc2ccc(-c3cccc(Oc4nccc(C(CC(=O)O)(c5ccc(F)cc5)C(C)(C)C)n4)c3)nc2)cc1. The Morgan fingerprint density at radius 3 is 2.31 bits per heavy atom. The molecule has 0 spiro atoms. The van der Waals surface area contributed by atoms with E-state index in [1.54, 1.807) is 43.8 Å². The quantitative estimate of drug-likeness (QED) is 0.156. The van der Waals surface area contributed by atoms with Crippen LogP contribution in [0, 0.1) is 11.2 Å². The number of methoxy groups -OCH3 is 1. The summed E-state index contributed by atoms with van der Waals surface area (Å²) in [6.07, 6.45) is 3.07. The van der Waals surface area contributed by atoms with E-state index in [-0.39, 0.29) is 12.4 Å². The summed E-state index contributed by atoms with van der Waals surface area (Å²) >= 11 is 0. The summed E-state index contributed by atoms with van der Waals surface area (Å²) in [6.45, 7) is 6.48. The van der Waals surface area contributed by atoms with Gasteiger partial charge in [0.25, 0.3) is 0 Å². The Morgan fingerprint density at radius 2 is 1.67 bits per heavy atom. The molecule has 5 rings (SSSR count). The third kappa shape index (κ3) is 7.09. The van der Waals surface area contributed by atoms with E-state index < -0.39 is 22.6 Å². The summed E-state index contributed by atoms with van der Waals surface area (Å²) in [6, 6.07) is 26.8. The number of carboxylic acid groups (broad SMARTS) is 1. The van der Waals surface area contributed by atoms with Crippen LogP contribution in [0.5, 0.6) is 17.5 Å². The van der Waals surface area contributed by atoms with Gasteiger partial charge in [0, 0.05) is 18.3 Å². The molecule has 230 valence electrons. The fraction of sp³-hybridized carbons (Fsp3) is 0.222. The van der Waals surface area contributed by atoms with Crippen molar-refractivity contribution in [2.24, 2.45) is 5.41 Å². The van der Waals surface area contributed by atoms with Crippen molar-refractivity contribution >= 4 is 11.7 Å². The second kappa shape index (κ2) is 13.1. The average molecular weight is 607 g/mol. The van der Waals surface area contributed by atoms with Gasteiger partial charge in [0.1, 0.15) is 17.3 Å². The summed E-state index contributed by atoms with van der Waals surface area (Å²) < 4.78 is 25.2. The fourth-order valence-corrected chi connectivity index (χ4v) is 5.45. The molecule has 0 amide bonds. The molecular weight excluding hydrogens is 571 g/mol. The zero-order chi connectivity index (χ0) is 32.0. The van der Waals surface area contributed by atoms with Gasteiger partial charge in [-0.25, -0.2) is 9.37 Å². The number of halogens is 1. The molecular formula is C36H35FN4O4. The van der Waals surface area contributed by atoms with Crippen LogP contribution in [-0.4, -0.2) is 33.1 Å². The molecule has 0 radical (unpaired) electrons. The van der Waals surface area contributed by atoms with Crippen LogP contribution in [0.3, 0.4) is 0 Å². The third-order valence-electron chi connectivity index (χ3n) is 7.86. The van der Waals surface area contributed by atoms with Crippen molar-refractivity contribution in [1.82, 2.24) is 15.0 Å². The zero-order valence-corrected chi connectivity index (χ0v) is 25.6. The lowest BCUT2D eigenvalue weighted by Gasteiger charge is -2.44. The number of hydrogen-bond donors (Lipinski definition) is 2. The van der Waals surface area contributed by atoms with Crippen LogP contribution in [0.25, 0.3) is 11.3 Å². The van der Waals surface area contributed by atoms with E-state index in [0.29, 0.717) is 23.6 Å². The van der Waals surface area contributed by atoms with Gasteiger partial charge in [-0.2, -0.15) is 4.98 Å². The van der Waals surface area contributed by atoms with Gasteiger partial charge in [0.2, 0.25) is 0 Å². The number of carboxylic acids is 1. The van der Waals surface area contributed by atoms with Crippen molar-refractivity contribution in [3.63, 3.8) is 0 Å². The van der Waals surface area contributed by atoms with Crippen LogP contribution in [0.2, 0.25) is 0 Å². The molecule has 0 aliphatic rings. The lowest BCUT2D eigenvalue weighted by atomic mass is 9.59. The van der Waals surface area contributed by atoms with Gasteiger partial charge < -0.3 is 19.9 Å². The predicted molar refractivity (Wildman–Crippen MR) is 171 cm³/mol. The smallest absolute Gasteiger partial charge is 0.322 e. The van der Waals surface area contributed by atoms with E-state index in [9.17, 15) is 14.3 Å². The lowest BCUT2D eigenvalue weighted by molar-refractivity contribution is -0.139. The van der Waals surface area contributed by atoms with Crippen LogP contribution >= 0.6 is 0 Å². The van der Waals surface area contributed by atoms with Gasteiger partial charge in [-0.3, -0.25) is 9.78 Å². The molecule has 1 atom stereocenters. The normalized spacial score (nSPS) is 12.6. The molecule has 45 heavy (non-hydrogen) atoms. The number of aromatic nitrogens is 3. The Bertz CT molecular complexity index is 1750. The maximum Gasteiger partial charge on any atom is 0.322 e. The van der Waals surface area contributed by atoms with Gasteiger partial charge in [0.15, 0.2) is 0 Å². The highest BCUT2D eigenvalue weighted by atomic mass is 19.1. The molecule has 8 nitrogen and oxygen atoms in total. The first-order valence-corrected chi connectivity index (χ1v) is 14.5. The first-order chi connectivity index (χ1) is 21.6. The number of benzene rings is 3. The van der Waals surface area contributed by atoms with Crippen LogP contribution in [0.4, 0.5) is 10.1 Å². The van der Waals surface area contributed by atoms with Crippen molar-refractivity contribution in [3.05, 3.63) is 126 Å². The summed E-state index contributed by atoms with van der Waals surface area (Å²) in [5.74, 6) is -0.0964. The van der Waals surface area contributed by atoms with E-state index in [4.69, 9.17) is 14.5 Å².